The molecule has 0 saturated carbocycles. The molecule has 5 nitrogen and oxygen atoms in total. The van der Waals surface area contributed by atoms with E-state index in [4.69, 9.17) is 0 Å². The van der Waals surface area contributed by atoms with E-state index in [9.17, 15) is 14.0 Å². The second-order valence-corrected chi connectivity index (χ2v) is 5.16. The van der Waals surface area contributed by atoms with Crippen molar-refractivity contribution in [3.63, 3.8) is 0 Å². The lowest BCUT2D eigenvalue weighted by molar-refractivity contribution is 0.0949. The number of para-hydroxylation sites is 1. The van der Waals surface area contributed by atoms with Crippen LogP contribution < -0.4 is 10.7 Å². The van der Waals surface area contributed by atoms with Crippen LogP contribution in [0.25, 0.3) is 10.9 Å². The summed E-state index contributed by atoms with van der Waals surface area (Å²) >= 11 is 0. The third kappa shape index (κ3) is 2.83. The molecule has 0 saturated heterocycles. The highest BCUT2D eigenvalue weighted by Crippen LogP contribution is 2.14. The summed E-state index contributed by atoms with van der Waals surface area (Å²) in [4.78, 5) is 28.7. The molecule has 0 unspecified atom stereocenters. The van der Waals surface area contributed by atoms with Crippen molar-refractivity contribution < 1.29 is 9.18 Å². The normalized spacial score (nSPS) is 10.7. The quantitative estimate of drug-likeness (QED) is 0.804. The number of pyridine rings is 2. The number of carbonyl (C=O) groups excluding carboxylic acids is 1. The first-order chi connectivity index (χ1) is 11.1. The summed E-state index contributed by atoms with van der Waals surface area (Å²) in [6.45, 7) is 0.261. The Balaban J connectivity index is 1.95. The Kier molecular flexibility index (Phi) is 3.89. The highest BCUT2D eigenvalue weighted by atomic mass is 19.1. The van der Waals surface area contributed by atoms with Gasteiger partial charge in [-0.2, -0.15) is 0 Å². The van der Waals surface area contributed by atoms with Gasteiger partial charge in [-0.3, -0.25) is 14.6 Å². The lowest BCUT2D eigenvalue weighted by Gasteiger charge is -2.10. The fourth-order valence-corrected chi connectivity index (χ4v) is 2.46. The van der Waals surface area contributed by atoms with E-state index in [-0.39, 0.29) is 23.0 Å². The van der Waals surface area contributed by atoms with Crippen molar-refractivity contribution in [3.05, 3.63) is 76.1 Å². The number of benzene rings is 1. The van der Waals surface area contributed by atoms with Crippen LogP contribution in [0.3, 0.4) is 0 Å². The van der Waals surface area contributed by atoms with E-state index in [1.807, 2.05) is 6.07 Å². The van der Waals surface area contributed by atoms with E-state index in [0.717, 1.165) is 5.56 Å². The van der Waals surface area contributed by atoms with E-state index < -0.39 is 17.2 Å². The van der Waals surface area contributed by atoms with Crippen LogP contribution in [0.4, 0.5) is 4.39 Å². The van der Waals surface area contributed by atoms with Crippen LogP contribution in [-0.4, -0.2) is 15.5 Å². The monoisotopic (exact) mass is 311 g/mol. The number of halogens is 1. The summed E-state index contributed by atoms with van der Waals surface area (Å²) in [5, 5.41) is 2.86. The van der Waals surface area contributed by atoms with Crippen molar-refractivity contribution in [1.29, 1.82) is 0 Å². The Morgan fingerprint density at radius 2 is 2.13 bits per heavy atom. The topological polar surface area (TPSA) is 64.0 Å². The SMILES string of the molecule is Cn1cc(C(=O)NCc2cccnc2)c(=O)c2cccc(F)c21. The van der Waals surface area contributed by atoms with Crippen LogP contribution in [0.2, 0.25) is 0 Å². The van der Waals surface area contributed by atoms with Gasteiger partial charge in [0.2, 0.25) is 5.43 Å². The van der Waals surface area contributed by atoms with E-state index >= 15 is 0 Å². The average Bonchev–Trinajstić information content (AvgIpc) is 2.56. The smallest absolute Gasteiger partial charge is 0.257 e. The van der Waals surface area contributed by atoms with Crippen LogP contribution in [0.5, 0.6) is 0 Å². The van der Waals surface area contributed by atoms with Crippen molar-refractivity contribution in [2.45, 2.75) is 6.54 Å². The third-order valence-electron chi connectivity index (χ3n) is 3.57. The molecule has 0 atom stereocenters. The van der Waals surface area contributed by atoms with E-state index in [1.165, 1.54) is 29.0 Å². The molecule has 1 N–H and O–H groups in total. The number of rotatable bonds is 3. The van der Waals surface area contributed by atoms with Crippen LogP contribution in [0.1, 0.15) is 15.9 Å². The molecule has 0 radical (unpaired) electrons. The van der Waals surface area contributed by atoms with Crippen molar-refractivity contribution >= 4 is 16.8 Å². The molecule has 1 amide bonds. The van der Waals surface area contributed by atoms with Gasteiger partial charge in [-0.05, 0) is 23.8 Å². The maximum atomic E-state index is 13.9. The van der Waals surface area contributed by atoms with Crippen molar-refractivity contribution in [2.24, 2.45) is 7.05 Å². The molecule has 0 aliphatic heterocycles. The standard InChI is InChI=1S/C17H14FN3O2/c1-21-10-13(16(22)12-5-2-6-14(18)15(12)21)17(23)20-9-11-4-3-7-19-8-11/h2-8,10H,9H2,1H3,(H,20,23). The van der Waals surface area contributed by atoms with E-state index in [1.54, 1.807) is 25.5 Å². The van der Waals surface area contributed by atoms with Gasteiger partial charge in [-0.1, -0.05) is 12.1 Å². The Morgan fingerprint density at radius 3 is 2.87 bits per heavy atom. The predicted molar refractivity (Wildman–Crippen MR) is 84.6 cm³/mol. The summed E-state index contributed by atoms with van der Waals surface area (Å²) in [6, 6.07) is 7.83. The molecule has 1 aromatic carbocycles. The zero-order valence-corrected chi connectivity index (χ0v) is 12.4. The number of hydrogen-bond acceptors (Lipinski definition) is 3. The molecule has 2 heterocycles. The highest BCUT2D eigenvalue weighted by molar-refractivity contribution is 5.97. The number of nitrogens with zero attached hydrogens (tertiary/aromatic N) is 2. The minimum Gasteiger partial charge on any atom is -0.348 e. The molecule has 0 aliphatic carbocycles. The molecule has 3 rings (SSSR count). The molecule has 2 aromatic heterocycles. The fraction of sp³-hybridized carbons (Fsp3) is 0.118. The van der Waals surface area contributed by atoms with E-state index in [0.29, 0.717) is 0 Å². The number of aromatic nitrogens is 2. The number of hydrogen-bond donors (Lipinski definition) is 1. The second-order valence-electron chi connectivity index (χ2n) is 5.16. The van der Waals surface area contributed by atoms with Crippen LogP contribution >= 0.6 is 0 Å². The first-order valence-corrected chi connectivity index (χ1v) is 7.03. The number of aryl methyl sites for hydroxylation is 1. The third-order valence-corrected chi connectivity index (χ3v) is 3.57. The van der Waals surface area contributed by atoms with Crippen LogP contribution in [0.15, 0.2) is 53.7 Å². The molecule has 116 valence electrons. The van der Waals surface area contributed by atoms with Gasteiger partial charge in [0, 0.05) is 37.6 Å². The molecule has 23 heavy (non-hydrogen) atoms. The highest BCUT2D eigenvalue weighted by Gasteiger charge is 2.16. The zero-order chi connectivity index (χ0) is 16.4. The number of fused-ring (bicyclic) bond motifs is 1. The molecular formula is C17H14FN3O2. The van der Waals surface area contributed by atoms with Gasteiger partial charge in [-0.25, -0.2) is 4.39 Å². The molecule has 0 spiro atoms. The molecule has 0 aliphatic rings. The van der Waals surface area contributed by atoms with Crippen molar-refractivity contribution in [3.8, 4) is 0 Å². The maximum Gasteiger partial charge on any atom is 0.257 e. The summed E-state index contributed by atoms with van der Waals surface area (Å²) < 4.78 is 15.3. The van der Waals surface area contributed by atoms with Gasteiger partial charge in [0.05, 0.1) is 5.52 Å². The number of amides is 1. The van der Waals surface area contributed by atoms with Crippen LogP contribution in [-0.2, 0) is 13.6 Å². The lowest BCUT2D eigenvalue weighted by Crippen LogP contribution is -2.29. The van der Waals surface area contributed by atoms with Gasteiger partial charge in [-0.15, -0.1) is 0 Å². The average molecular weight is 311 g/mol. The summed E-state index contributed by atoms with van der Waals surface area (Å²) in [6.07, 6.45) is 4.62. The Bertz CT molecular complexity index is 936. The predicted octanol–water partition coefficient (Wildman–Crippen LogP) is 2.00. The second kappa shape index (κ2) is 6.00. The van der Waals surface area contributed by atoms with Gasteiger partial charge < -0.3 is 9.88 Å². The van der Waals surface area contributed by atoms with Gasteiger partial charge in [0.25, 0.3) is 5.91 Å². The number of nitrogens with one attached hydrogen (secondary N) is 1. The van der Waals surface area contributed by atoms with Gasteiger partial charge in [0.15, 0.2) is 0 Å². The minimum absolute atomic E-state index is 0.0190. The molecular weight excluding hydrogens is 297 g/mol. The van der Waals surface area contributed by atoms with Crippen molar-refractivity contribution in [1.82, 2.24) is 14.9 Å². The summed E-state index contributed by atoms with van der Waals surface area (Å²) in [5.74, 6) is -0.995. The first-order valence-electron chi connectivity index (χ1n) is 7.03. The van der Waals surface area contributed by atoms with Crippen molar-refractivity contribution in [2.75, 3.05) is 0 Å². The molecule has 3 aromatic rings. The molecule has 0 bridgehead atoms. The summed E-state index contributed by atoms with van der Waals surface area (Å²) in [5.41, 5.74) is 0.501. The zero-order valence-electron chi connectivity index (χ0n) is 12.4. The Morgan fingerprint density at radius 1 is 1.30 bits per heavy atom. The van der Waals surface area contributed by atoms with Crippen LogP contribution in [0, 0.1) is 5.82 Å². The number of carbonyl (C=O) groups is 1. The Labute approximate surface area is 131 Å². The minimum atomic E-state index is -0.499. The van der Waals surface area contributed by atoms with Gasteiger partial charge in [0.1, 0.15) is 11.4 Å². The molecule has 6 heteroatoms. The fourth-order valence-electron chi connectivity index (χ4n) is 2.46. The largest absolute Gasteiger partial charge is 0.348 e. The maximum absolute atomic E-state index is 13.9. The lowest BCUT2D eigenvalue weighted by atomic mass is 10.1. The Hall–Kier alpha value is -3.02. The van der Waals surface area contributed by atoms with E-state index in [2.05, 4.69) is 10.3 Å². The first kappa shape index (κ1) is 14.9. The molecule has 0 fully saturated rings. The van der Waals surface area contributed by atoms with Gasteiger partial charge >= 0.3 is 0 Å². The summed E-state index contributed by atoms with van der Waals surface area (Å²) in [7, 11) is 1.60.